The Balaban J connectivity index is 2.09. The molecule has 2 aromatic rings. The van der Waals surface area contributed by atoms with Gasteiger partial charge in [-0.25, -0.2) is 9.59 Å². The van der Waals surface area contributed by atoms with Crippen molar-refractivity contribution in [2.75, 3.05) is 46.0 Å². The fourth-order valence-electron chi connectivity index (χ4n) is 4.30. The molecule has 1 heterocycles. The van der Waals surface area contributed by atoms with E-state index in [1.165, 1.54) is 7.11 Å². The lowest BCUT2D eigenvalue weighted by atomic mass is 9.90. The first-order chi connectivity index (χ1) is 16.9. The lowest BCUT2D eigenvalue weighted by Gasteiger charge is -2.42. The zero-order valence-electron chi connectivity index (χ0n) is 21.0. The molecule has 0 saturated heterocycles. The summed E-state index contributed by atoms with van der Waals surface area (Å²) < 4.78 is 26.9. The van der Waals surface area contributed by atoms with Crippen molar-refractivity contribution in [1.29, 1.82) is 0 Å². The second-order valence-corrected chi connectivity index (χ2v) is 8.16. The third kappa shape index (κ3) is 5.97. The number of amides is 2. The first kappa shape index (κ1) is 26.2. The maximum absolute atomic E-state index is 13.2. The molecule has 1 aliphatic heterocycles. The fourth-order valence-corrected chi connectivity index (χ4v) is 4.30. The van der Waals surface area contributed by atoms with Crippen molar-refractivity contribution in [3.63, 3.8) is 0 Å². The molecule has 3 rings (SSSR count). The number of fused-ring (bicyclic) bond motifs is 1. The van der Waals surface area contributed by atoms with Crippen molar-refractivity contribution in [3.05, 3.63) is 53.6 Å². The van der Waals surface area contributed by atoms with Crippen molar-refractivity contribution < 1.29 is 33.3 Å². The third-order valence-electron chi connectivity index (χ3n) is 5.94. The minimum absolute atomic E-state index is 0.133. The van der Waals surface area contributed by atoms with E-state index in [1.807, 2.05) is 43.3 Å². The van der Waals surface area contributed by atoms with Crippen molar-refractivity contribution >= 4 is 17.9 Å². The van der Waals surface area contributed by atoms with Crippen molar-refractivity contribution in [1.82, 2.24) is 4.90 Å². The highest BCUT2D eigenvalue weighted by Gasteiger charge is 2.40. The summed E-state index contributed by atoms with van der Waals surface area (Å²) in [7, 11) is 4.63. The first-order valence-electron chi connectivity index (χ1n) is 11.6. The summed E-state index contributed by atoms with van der Waals surface area (Å²) in [4.78, 5) is 29.5. The summed E-state index contributed by atoms with van der Waals surface area (Å²) in [5.41, 5.74) is 2.31. The molecular weight excluding hydrogens is 452 g/mol. The van der Waals surface area contributed by atoms with Gasteiger partial charge in [0.25, 0.3) is 0 Å². The van der Waals surface area contributed by atoms with Gasteiger partial charge in [-0.15, -0.1) is 0 Å². The molecule has 9 heteroatoms. The molecule has 35 heavy (non-hydrogen) atoms. The topological polar surface area (TPSA) is 86.8 Å². The summed E-state index contributed by atoms with van der Waals surface area (Å²) >= 11 is 0. The third-order valence-corrected chi connectivity index (χ3v) is 5.94. The SMILES string of the molecule is CCOC(=O)N(Cc1ccccc1)C1CC(C)N(C(=O)OCCOC)c2cc(OC)c(OC)cc21. The molecule has 9 nitrogen and oxygen atoms in total. The van der Waals surface area contributed by atoms with E-state index >= 15 is 0 Å². The highest BCUT2D eigenvalue weighted by molar-refractivity contribution is 5.91. The molecule has 0 fully saturated rings. The predicted molar refractivity (Wildman–Crippen MR) is 131 cm³/mol. The maximum atomic E-state index is 13.2. The normalized spacial score (nSPS) is 16.8. The Labute approximate surface area is 206 Å². The number of benzene rings is 2. The van der Waals surface area contributed by atoms with E-state index in [-0.39, 0.29) is 25.3 Å². The van der Waals surface area contributed by atoms with E-state index in [2.05, 4.69) is 0 Å². The van der Waals surface area contributed by atoms with Crippen molar-refractivity contribution in [2.45, 2.75) is 38.9 Å². The molecule has 2 unspecified atom stereocenters. The standard InChI is InChI=1S/C26H34N2O7/c1-6-34-25(29)27(17-19-10-8-7-9-11-19)21-14-18(2)28(26(30)35-13-12-31-3)22-16-24(33-5)23(32-4)15-20(21)22/h7-11,15-16,18,21H,6,12-14,17H2,1-5H3. The zero-order chi connectivity index (χ0) is 25.4. The molecule has 0 aromatic heterocycles. The van der Waals surface area contributed by atoms with Crippen LogP contribution in [0.1, 0.15) is 37.4 Å². The van der Waals surface area contributed by atoms with Gasteiger partial charge in [0.2, 0.25) is 0 Å². The number of methoxy groups -OCH3 is 3. The lowest BCUT2D eigenvalue weighted by molar-refractivity contribution is 0.0795. The highest BCUT2D eigenvalue weighted by atomic mass is 16.6. The average Bonchev–Trinajstić information content (AvgIpc) is 2.86. The molecule has 0 aliphatic carbocycles. The van der Waals surface area contributed by atoms with E-state index in [4.69, 9.17) is 23.7 Å². The molecule has 0 saturated carbocycles. The molecule has 2 amide bonds. The van der Waals surface area contributed by atoms with Crippen molar-refractivity contribution in [3.8, 4) is 11.5 Å². The molecule has 0 spiro atoms. The van der Waals surface area contributed by atoms with Crippen LogP contribution in [0.2, 0.25) is 0 Å². The van der Waals surface area contributed by atoms with Gasteiger partial charge >= 0.3 is 12.2 Å². The van der Waals surface area contributed by atoms with Crippen molar-refractivity contribution in [2.24, 2.45) is 0 Å². The van der Waals surface area contributed by atoms with E-state index in [1.54, 1.807) is 37.0 Å². The van der Waals surface area contributed by atoms with Crippen LogP contribution in [0.15, 0.2) is 42.5 Å². The zero-order valence-corrected chi connectivity index (χ0v) is 21.0. The Bertz CT molecular complexity index is 999. The van der Waals surface area contributed by atoms with Gasteiger partial charge in [0.1, 0.15) is 6.61 Å². The Morgan fingerprint density at radius 3 is 2.31 bits per heavy atom. The Morgan fingerprint density at radius 2 is 1.69 bits per heavy atom. The second kappa shape index (κ2) is 12.3. The van der Waals surface area contributed by atoms with E-state index in [9.17, 15) is 9.59 Å². The van der Waals surface area contributed by atoms with Crippen LogP contribution in [0.25, 0.3) is 0 Å². The number of hydrogen-bond acceptors (Lipinski definition) is 7. The van der Waals surface area contributed by atoms with Crippen LogP contribution < -0.4 is 14.4 Å². The molecule has 0 N–H and O–H groups in total. The highest BCUT2D eigenvalue weighted by Crippen LogP contribution is 2.46. The first-order valence-corrected chi connectivity index (χ1v) is 11.6. The van der Waals surface area contributed by atoms with Crippen LogP contribution in [0.4, 0.5) is 15.3 Å². The fraction of sp³-hybridized carbons (Fsp3) is 0.462. The summed E-state index contributed by atoms with van der Waals surface area (Å²) in [5, 5.41) is 0. The lowest BCUT2D eigenvalue weighted by Crippen LogP contribution is -2.48. The van der Waals surface area contributed by atoms with Gasteiger partial charge in [-0.1, -0.05) is 30.3 Å². The van der Waals surface area contributed by atoms with Crippen LogP contribution in [-0.4, -0.2) is 64.3 Å². The molecule has 190 valence electrons. The number of hydrogen-bond donors (Lipinski definition) is 0. The van der Waals surface area contributed by atoms with Crippen LogP contribution in [-0.2, 0) is 20.8 Å². The van der Waals surface area contributed by atoms with Crippen LogP contribution in [0.5, 0.6) is 11.5 Å². The second-order valence-electron chi connectivity index (χ2n) is 8.16. The predicted octanol–water partition coefficient (Wildman–Crippen LogP) is 4.79. The summed E-state index contributed by atoms with van der Waals surface area (Å²) in [6, 6.07) is 12.7. The average molecular weight is 487 g/mol. The Hall–Kier alpha value is -3.46. The summed E-state index contributed by atoms with van der Waals surface area (Å²) in [6.07, 6.45) is -0.439. The van der Waals surface area contributed by atoms with E-state index in [0.717, 1.165) is 11.1 Å². The monoisotopic (exact) mass is 486 g/mol. The van der Waals surface area contributed by atoms with Crippen LogP contribution in [0, 0.1) is 0 Å². The smallest absolute Gasteiger partial charge is 0.414 e. The number of nitrogens with zero attached hydrogens (tertiary/aromatic N) is 2. The Kier molecular flexibility index (Phi) is 9.19. The number of ether oxygens (including phenoxy) is 5. The molecular formula is C26H34N2O7. The van der Waals surface area contributed by atoms with Gasteiger partial charge in [-0.05, 0) is 31.9 Å². The van der Waals surface area contributed by atoms with Gasteiger partial charge < -0.3 is 23.7 Å². The Morgan fingerprint density at radius 1 is 1.00 bits per heavy atom. The molecule has 1 aliphatic rings. The van der Waals surface area contributed by atoms with Gasteiger partial charge in [-0.3, -0.25) is 9.80 Å². The number of carbonyl (C=O) groups excluding carboxylic acids is 2. The molecule has 0 radical (unpaired) electrons. The minimum atomic E-state index is -0.493. The van der Waals surface area contributed by atoms with Gasteiger partial charge in [-0.2, -0.15) is 0 Å². The van der Waals surface area contributed by atoms with Gasteiger partial charge in [0, 0.05) is 31.3 Å². The van der Waals surface area contributed by atoms with E-state index < -0.39 is 12.2 Å². The number of carbonyl (C=O) groups is 2. The van der Waals surface area contributed by atoms with Gasteiger partial charge in [0.05, 0.1) is 39.2 Å². The van der Waals surface area contributed by atoms with Crippen LogP contribution >= 0.6 is 0 Å². The van der Waals surface area contributed by atoms with Gasteiger partial charge in [0.15, 0.2) is 11.5 Å². The number of anilines is 1. The summed E-state index contributed by atoms with van der Waals surface area (Å²) in [5.74, 6) is 0.974. The maximum Gasteiger partial charge on any atom is 0.414 e. The molecule has 2 aromatic carbocycles. The summed E-state index contributed by atoms with van der Waals surface area (Å²) in [6.45, 7) is 4.74. The van der Waals surface area contributed by atoms with Crippen LogP contribution in [0.3, 0.4) is 0 Å². The molecule has 2 atom stereocenters. The number of rotatable bonds is 9. The largest absolute Gasteiger partial charge is 0.493 e. The molecule has 0 bridgehead atoms. The van der Waals surface area contributed by atoms with E-state index in [0.29, 0.717) is 36.8 Å². The quantitative estimate of drug-likeness (QED) is 0.471. The minimum Gasteiger partial charge on any atom is -0.493 e.